The first-order valence-corrected chi connectivity index (χ1v) is 18.1. The van der Waals surface area contributed by atoms with Gasteiger partial charge < -0.3 is 9.32 Å². The summed E-state index contributed by atoms with van der Waals surface area (Å²) in [6.07, 6.45) is 0. The van der Waals surface area contributed by atoms with Gasteiger partial charge in [-0.15, -0.1) is 11.3 Å². The van der Waals surface area contributed by atoms with Crippen molar-refractivity contribution in [1.29, 1.82) is 0 Å². The number of hydrogen-bond acceptors (Lipinski definition) is 3. The maximum atomic E-state index is 6.29. The second kappa shape index (κ2) is 12.2. The van der Waals surface area contributed by atoms with Gasteiger partial charge in [-0.1, -0.05) is 140 Å². The average molecular weight is 670 g/mol. The van der Waals surface area contributed by atoms with Crippen LogP contribution >= 0.6 is 11.3 Å². The van der Waals surface area contributed by atoms with Crippen LogP contribution in [0.4, 0.5) is 17.1 Å². The number of fused-ring (bicyclic) bond motifs is 7. The Morgan fingerprint density at radius 3 is 1.57 bits per heavy atom. The van der Waals surface area contributed by atoms with Gasteiger partial charge in [0.15, 0.2) is 0 Å². The van der Waals surface area contributed by atoms with Crippen molar-refractivity contribution in [2.45, 2.75) is 0 Å². The van der Waals surface area contributed by atoms with Gasteiger partial charge in [0.1, 0.15) is 11.2 Å². The number of para-hydroxylation sites is 2. The van der Waals surface area contributed by atoms with E-state index in [4.69, 9.17) is 4.42 Å². The number of nitrogens with zero attached hydrogens (tertiary/aromatic N) is 1. The van der Waals surface area contributed by atoms with Gasteiger partial charge >= 0.3 is 0 Å². The lowest BCUT2D eigenvalue weighted by atomic mass is 9.98. The maximum Gasteiger partial charge on any atom is 0.136 e. The lowest BCUT2D eigenvalue weighted by Gasteiger charge is -2.28. The molecule has 0 aliphatic heterocycles. The molecule has 0 aliphatic rings. The van der Waals surface area contributed by atoms with Crippen LogP contribution in [0.25, 0.3) is 75.5 Å². The molecule has 10 aromatic rings. The highest BCUT2D eigenvalue weighted by Gasteiger charge is 2.21. The molecule has 51 heavy (non-hydrogen) atoms. The number of benzene rings is 8. The monoisotopic (exact) mass is 669 g/mol. The molecule has 0 radical (unpaired) electrons. The fourth-order valence-electron chi connectivity index (χ4n) is 7.47. The van der Waals surface area contributed by atoms with Crippen LogP contribution in [0.2, 0.25) is 0 Å². The van der Waals surface area contributed by atoms with Crippen molar-refractivity contribution in [1.82, 2.24) is 0 Å². The summed E-state index contributed by atoms with van der Waals surface area (Å²) in [4.78, 5) is 2.40. The number of hydrogen-bond donors (Lipinski definition) is 0. The molecule has 0 N–H and O–H groups in total. The molecule has 0 saturated heterocycles. The SMILES string of the molecule is c1ccc(-c2ccc(N(c3ccc(-c4ccccc4)cc3)c3ccccc3-c3cccc4c3sc3c4ccc4oc5ccccc5c43)cc2)cc1. The molecule has 2 nitrogen and oxygen atoms in total. The second-order valence-corrected chi connectivity index (χ2v) is 13.9. The summed E-state index contributed by atoms with van der Waals surface area (Å²) < 4.78 is 8.83. The van der Waals surface area contributed by atoms with Crippen LogP contribution < -0.4 is 4.90 Å². The molecule has 0 amide bonds. The van der Waals surface area contributed by atoms with Gasteiger partial charge in [-0.05, 0) is 70.8 Å². The molecule has 0 aliphatic carbocycles. The normalized spacial score (nSPS) is 11.5. The van der Waals surface area contributed by atoms with Crippen molar-refractivity contribution in [2.75, 3.05) is 4.90 Å². The minimum Gasteiger partial charge on any atom is -0.456 e. The fraction of sp³-hybridized carbons (Fsp3) is 0. The van der Waals surface area contributed by atoms with Gasteiger partial charge in [-0.25, -0.2) is 0 Å². The average Bonchev–Trinajstić information content (AvgIpc) is 3.78. The summed E-state index contributed by atoms with van der Waals surface area (Å²) in [5.41, 5.74) is 12.4. The predicted octanol–water partition coefficient (Wildman–Crippen LogP) is 14.4. The molecule has 10 rings (SSSR count). The van der Waals surface area contributed by atoms with E-state index in [1.54, 1.807) is 0 Å². The van der Waals surface area contributed by atoms with Gasteiger partial charge in [-0.2, -0.15) is 0 Å². The predicted molar refractivity (Wildman–Crippen MR) is 218 cm³/mol. The van der Waals surface area contributed by atoms with Crippen molar-refractivity contribution < 1.29 is 4.42 Å². The Morgan fingerprint density at radius 2 is 0.882 bits per heavy atom. The number of rotatable bonds is 6. The highest BCUT2D eigenvalue weighted by molar-refractivity contribution is 7.27. The molecular weight excluding hydrogens is 639 g/mol. The lowest BCUT2D eigenvalue weighted by molar-refractivity contribution is 0.669. The van der Waals surface area contributed by atoms with Crippen LogP contribution in [0.15, 0.2) is 192 Å². The van der Waals surface area contributed by atoms with Crippen LogP contribution in [-0.2, 0) is 0 Å². The molecule has 0 saturated carbocycles. The van der Waals surface area contributed by atoms with Crippen molar-refractivity contribution in [3.8, 4) is 33.4 Å². The molecule has 0 fully saturated rings. The van der Waals surface area contributed by atoms with Crippen LogP contribution in [-0.4, -0.2) is 0 Å². The van der Waals surface area contributed by atoms with E-state index in [0.29, 0.717) is 0 Å². The Labute approximate surface area is 300 Å². The first kappa shape index (κ1) is 29.5. The van der Waals surface area contributed by atoms with Crippen LogP contribution in [0.3, 0.4) is 0 Å². The third-order valence-corrected chi connectivity index (χ3v) is 11.2. The number of furan rings is 1. The smallest absolute Gasteiger partial charge is 0.136 e. The molecule has 240 valence electrons. The van der Waals surface area contributed by atoms with E-state index in [1.807, 2.05) is 17.4 Å². The summed E-state index contributed by atoms with van der Waals surface area (Å²) in [5.74, 6) is 0. The third kappa shape index (κ3) is 5.01. The Kier molecular flexibility index (Phi) is 7.04. The Hall–Kier alpha value is -6.42. The summed E-state index contributed by atoms with van der Waals surface area (Å²) in [7, 11) is 0. The first-order valence-electron chi connectivity index (χ1n) is 17.3. The molecule has 2 aromatic heterocycles. The van der Waals surface area contributed by atoms with Gasteiger partial charge in [0.25, 0.3) is 0 Å². The number of thiophene rings is 1. The van der Waals surface area contributed by atoms with Crippen molar-refractivity contribution in [2.24, 2.45) is 0 Å². The molecule has 3 heteroatoms. The maximum absolute atomic E-state index is 6.29. The van der Waals surface area contributed by atoms with Gasteiger partial charge in [0, 0.05) is 53.4 Å². The standard InChI is InChI=1S/C48H31NOS/c1-3-12-32(13-4-1)34-22-26-36(27-23-34)49(37-28-24-35(25-29-37)33-14-5-2-6-15-33)43-20-9-7-16-38(43)39-18-11-19-40-41-30-31-45-46(48(41)51-47(39)40)42-17-8-10-21-44(42)50-45/h1-31H. The van der Waals surface area contributed by atoms with E-state index in [2.05, 4.69) is 187 Å². The zero-order valence-corrected chi connectivity index (χ0v) is 28.5. The zero-order chi connectivity index (χ0) is 33.7. The van der Waals surface area contributed by atoms with E-state index >= 15 is 0 Å². The molecule has 2 heterocycles. The Bertz CT molecular complexity index is 2750. The Morgan fingerprint density at radius 1 is 0.353 bits per heavy atom. The second-order valence-electron chi connectivity index (χ2n) is 12.9. The highest BCUT2D eigenvalue weighted by atomic mass is 32.1. The van der Waals surface area contributed by atoms with E-state index < -0.39 is 0 Å². The first-order chi connectivity index (χ1) is 25.3. The molecule has 0 spiro atoms. The summed E-state index contributed by atoms with van der Waals surface area (Å²) in [6.45, 7) is 0. The van der Waals surface area contributed by atoms with Crippen LogP contribution in [0.5, 0.6) is 0 Å². The summed E-state index contributed by atoms with van der Waals surface area (Å²) in [6, 6.07) is 67.3. The molecule has 8 aromatic carbocycles. The minimum atomic E-state index is 0.926. The minimum absolute atomic E-state index is 0.926. The van der Waals surface area contributed by atoms with Crippen LogP contribution in [0, 0.1) is 0 Å². The molecular formula is C48H31NOS. The van der Waals surface area contributed by atoms with Gasteiger partial charge in [0.05, 0.1) is 5.69 Å². The lowest BCUT2D eigenvalue weighted by Crippen LogP contribution is -2.11. The number of anilines is 3. The quantitative estimate of drug-likeness (QED) is 0.175. The van der Waals surface area contributed by atoms with Crippen LogP contribution in [0.1, 0.15) is 0 Å². The van der Waals surface area contributed by atoms with E-state index in [0.717, 1.165) is 33.6 Å². The van der Waals surface area contributed by atoms with Gasteiger partial charge in [0.2, 0.25) is 0 Å². The topological polar surface area (TPSA) is 16.4 Å². The highest BCUT2D eigenvalue weighted by Crippen LogP contribution is 2.48. The Balaban J connectivity index is 1.17. The largest absolute Gasteiger partial charge is 0.456 e. The van der Waals surface area contributed by atoms with Crippen molar-refractivity contribution >= 4 is 70.5 Å². The van der Waals surface area contributed by atoms with E-state index in [1.165, 1.54) is 58.9 Å². The molecule has 0 unspecified atom stereocenters. The summed E-state index contributed by atoms with van der Waals surface area (Å²) in [5, 5.41) is 4.89. The summed E-state index contributed by atoms with van der Waals surface area (Å²) >= 11 is 1.86. The van der Waals surface area contributed by atoms with E-state index in [9.17, 15) is 0 Å². The van der Waals surface area contributed by atoms with Crippen molar-refractivity contribution in [3.05, 3.63) is 188 Å². The molecule has 0 bridgehead atoms. The third-order valence-electron chi connectivity index (χ3n) is 9.91. The molecule has 0 atom stereocenters. The van der Waals surface area contributed by atoms with E-state index in [-0.39, 0.29) is 0 Å². The fourth-order valence-corrected chi connectivity index (χ4v) is 8.85. The van der Waals surface area contributed by atoms with Gasteiger partial charge in [-0.3, -0.25) is 0 Å². The van der Waals surface area contributed by atoms with Crippen molar-refractivity contribution in [3.63, 3.8) is 0 Å². The zero-order valence-electron chi connectivity index (χ0n) is 27.7.